The summed E-state index contributed by atoms with van der Waals surface area (Å²) in [6, 6.07) is 5.12. The Labute approximate surface area is 175 Å². The van der Waals surface area contributed by atoms with Gasteiger partial charge in [-0.2, -0.15) is 0 Å². The largest absolute Gasteiger partial charge is 0.550 e. The smallest absolute Gasteiger partial charge is 0.336 e. The van der Waals surface area contributed by atoms with Gasteiger partial charge in [-0.1, -0.05) is 13.3 Å². The third-order valence-electron chi connectivity index (χ3n) is 5.68. The van der Waals surface area contributed by atoms with Gasteiger partial charge in [0.25, 0.3) is 5.91 Å². The van der Waals surface area contributed by atoms with Crippen molar-refractivity contribution >= 4 is 22.8 Å². The Kier molecular flexibility index (Phi) is 7.13. The maximum absolute atomic E-state index is 12.3. The van der Waals surface area contributed by atoms with E-state index >= 15 is 0 Å². The van der Waals surface area contributed by atoms with Crippen LogP contribution in [0, 0.1) is 18.8 Å². The highest BCUT2D eigenvalue weighted by Gasteiger charge is 2.22. The monoisotopic (exact) mass is 414 g/mol. The average Bonchev–Trinajstić information content (AvgIpc) is 2.70. The number of carbonyl (C=O) groups is 2. The first-order valence-electron chi connectivity index (χ1n) is 10.5. The molecule has 1 aromatic heterocycles. The predicted octanol–water partition coefficient (Wildman–Crippen LogP) is 2.11. The zero-order chi connectivity index (χ0) is 21.7. The van der Waals surface area contributed by atoms with Crippen LogP contribution in [-0.4, -0.2) is 25.0 Å². The van der Waals surface area contributed by atoms with Crippen LogP contribution in [0.25, 0.3) is 11.0 Å². The molecule has 3 rings (SSSR count). The normalized spacial score (nSPS) is 18.9. The molecule has 0 spiro atoms. The summed E-state index contributed by atoms with van der Waals surface area (Å²) in [5.74, 6) is -0.778. The van der Waals surface area contributed by atoms with Gasteiger partial charge in [0.1, 0.15) is 11.3 Å². The van der Waals surface area contributed by atoms with Crippen LogP contribution in [0.2, 0.25) is 0 Å². The van der Waals surface area contributed by atoms with Crippen LogP contribution in [0.1, 0.15) is 50.2 Å². The van der Waals surface area contributed by atoms with Gasteiger partial charge in [-0.25, -0.2) is 4.79 Å². The van der Waals surface area contributed by atoms with Crippen LogP contribution in [-0.2, 0) is 16.0 Å². The summed E-state index contributed by atoms with van der Waals surface area (Å²) in [7, 11) is 0. The quantitative estimate of drug-likeness (QED) is 0.663. The van der Waals surface area contributed by atoms with E-state index in [2.05, 4.69) is 5.32 Å². The van der Waals surface area contributed by atoms with E-state index in [0.29, 0.717) is 37.1 Å². The molecule has 7 nitrogen and oxygen atoms in total. The number of hydrogen-bond donors (Lipinski definition) is 1. The number of ether oxygens (including phenoxy) is 1. The number of rotatable bonds is 8. The molecule has 1 aliphatic rings. The van der Waals surface area contributed by atoms with Crippen molar-refractivity contribution < 1.29 is 23.8 Å². The second-order valence-corrected chi connectivity index (χ2v) is 8.11. The van der Waals surface area contributed by atoms with Crippen LogP contribution in [0.5, 0.6) is 5.75 Å². The topological polar surface area (TPSA) is 109 Å². The van der Waals surface area contributed by atoms with Crippen LogP contribution in [0.15, 0.2) is 27.4 Å². The van der Waals surface area contributed by atoms with E-state index in [1.807, 2.05) is 19.9 Å². The third-order valence-corrected chi connectivity index (χ3v) is 5.68. The molecule has 0 atom stereocenters. The van der Waals surface area contributed by atoms with Crippen molar-refractivity contribution in [2.75, 3.05) is 13.2 Å². The Hall–Kier alpha value is -2.83. The number of carboxylic acid groups (broad SMARTS) is 1. The lowest BCUT2D eigenvalue weighted by Crippen LogP contribution is -2.37. The summed E-state index contributed by atoms with van der Waals surface area (Å²) >= 11 is 0. The van der Waals surface area contributed by atoms with Crippen molar-refractivity contribution in [3.8, 4) is 5.75 Å². The molecule has 0 bridgehead atoms. The fraction of sp³-hybridized carbons (Fsp3) is 0.522. The molecule has 0 saturated heterocycles. The Morgan fingerprint density at radius 1 is 1.20 bits per heavy atom. The third kappa shape index (κ3) is 5.40. The van der Waals surface area contributed by atoms with Gasteiger partial charge in [0.05, 0.1) is 5.39 Å². The number of carboxylic acids is 1. The summed E-state index contributed by atoms with van der Waals surface area (Å²) in [5.41, 5.74) is 1.79. The zero-order valence-corrected chi connectivity index (χ0v) is 17.5. The first kappa shape index (κ1) is 21.9. The van der Waals surface area contributed by atoms with Gasteiger partial charge in [0.2, 0.25) is 0 Å². The van der Waals surface area contributed by atoms with E-state index in [-0.39, 0.29) is 24.3 Å². The second-order valence-electron chi connectivity index (χ2n) is 8.11. The molecule has 1 aliphatic carbocycles. The molecule has 1 saturated carbocycles. The molecule has 0 radical (unpaired) electrons. The van der Waals surface area contributed by atoms with E-state index in [1.54, 1.807) is 6.07 Å². The lowest BCUT2D eigenvalue weighted by atomic mass is 9.82. The molecule has 1 heterocycles. The average molecular weight is 414 g/mol. The minimum Gasteiger partial charge on any atom is -0.550 e. The van der Waals surface area contributed by atoms with Crippen molar-refractivity contribution in [3.63, 3.8) is 0 Å². The number of nitrogens with one attached hydrogen (secondary N) is 1. The van der Waals surface area contributed by atoms with Gasteiger partial charge in [0.15, 0.2) is 6.61 Å². The number of benzene rings is 1. The molecule has 0 aliphatic heterocycles. The SMILES string of the molecule is CCCc1cc(=O)oc2cc(C)cc(OCC(=O)NCC3CCC(C(=O)[O-])CC3)c12. The maximum atomic E-state index is 12.3. The maximum Gasteiger partial charge on any atom is 0.336 e. The van der Waals surface area contributed by atoms with Crippen LogP contribution in [0.4, 0.5) is 0 Å². The molecule has 30 heavy (non-hydrogen) atoms. The van der Waals surface area contributed by atoms with Crippen molar-refractivity contribution in [1.29, 1.82) is 0 Å². The second kappa shape index (κ2) is 9.78. The fourth-order valence-corrected chi connectivity index (χ4v) is 4.11. The number of aliphatic carboxylic acids is 1. The first-order valence-corrected chi connectivity index (χ1v) is 10.5. The fourth-order valence-electron chi connectivity index (χ4n) is 4.11. The van der Waals surface area contributed by atoms with Gasteiger partial charge in [-0.15, -0.1) is 0 Å². The lowest BCUT2D eigenvalue weighted by molar-refractivity contribution is -0.312. The first-order chi connectivity index (χ1) is 14.4. The molecular formula is C23H28NO6-. The number of fused-ring (bicyclic) bond motifs is 1. The molecule has 2 aromatic rings. The van der Waals surface area contributed by atoms with Gasteiger partial charge < -0.3 is 24.4 Å². The molecule has 1 aromatic carbocycles. The number of carbonyl (C=O) groups excluding carboxylic acids is 2. The Balaban J connectivity index is 1.62. The molecule has 162 valence electrons. The van der Waals surface area contributed by atoms with E-state index in [1.165, 1.54) is 6.07 Å². The van der Waals surface area contributed by atoms with Crippen LogP contribution in [0.3, 0.4) is 0 Å². The standard InChI is InChI=1S/C23H29NO6/c1-3-4-17-11-21(26)30-19-10-14(2)9-18(22(17)19)29-13-20(25)24-12-15-5-7-16(8-6-15)23(27)28/h9-11,15-16H,3-8,12-13H2,1-2H3,(H,24,25)(H,27,28)/p-1. The molecular weight excluding hydrogens is 386 g/mol. The summed E-state index contributed by atoms with van der Waals surface area (Å²) in [5, 5.41) is 14.5. The highest BCUT2D eigenvalue weighted by atomic mass is 16.5. The predicted molar refractivity (Wildman–Crippen MR) is 110 cm³/mol. The molecule has 0 unspecified atom stereocenters. The summed E-state index contributed by atoms with van der Waals surface area (Å²) < 4.78 is 11.2. The summed E-state index contributed by atoms with van der Waals surface area (Å²) in [6.45, 7) is 4.27. The number of aryl methyl sites for hydroxylation is 2. The van der Waals surface area contributed by atoms with E-state index in [0.717, 1.165) is 35.8 Å². The molecule has 1 fully saturated rings. The van der Waals surface area contributed by atoms with Gasteiger partial charge in [-0.3, -0.25) is 4.79 Å². The minimum absolute atomic E-state index is 0.141. The van der Waals surface area contributed by atoms with E-state index < -0.39 is 11.6 Å². The van der Waals surface area contributed by atoms with Gasteiger partial charge >= 0.3 is 5.63 Å². The van der Waals surface area contributed by atoms with Crippen molar-refractivity contribution in [1.82, 2.24) is 5.32 Å². The van der Waals surface area contributed by atoms with Crippen molar-refractivity contribution in [3.05, 3.63) is 39.7 Å². The molecule has 7 heteroatoms. The Morgan fingerprint density at radius 3 is 2.60 bits per heavy atom. The Morgan fingerprint density at radius 2 is 1.93 bits per heavy atom. The number of amides is 1. The van der Waals surface area contributed by atoms with E-state index in [4.69, 9.17) is 9.15 Å². The highest BCUT2D eigenvalue weighted by Crippen LogP contribution is 2.31. The van der Waals surface area contributed by atoms with E-state index in [9.17, 15) is 19.5 Å². The summed E-state index contributed by atoms with van der Waals surface area (Å²) in [6.07, 6.45) is 4.30. The molecule has 1 amide bonds. The van der Waals surface area contributed by atoms with Crippen LogP contribution < -0.4 is 20.8 Å². The zero-order valence-electron chi connectivity index (χ0n) is 17.5. The Bertz CT molecular complexity index is 972. The van der Waals surface area contributed by atoms with Crippen LogP contribution >= 0.6 is 0 Å². The molecule has 1 N–H and O–H groups in total. The van der Waals surface area contributed by atoms with Gasteiger partial charge in [0, 0.05) is 18.6 Å². The highest BCUT2D eigenvalue weighted by molar-refractivity contribution is 5.88. The lowest BCUT2D eigenvalue weighted by Gasteiger charge is -2.29. The summed E-state index contributed by atoms with van der Waals surface area (Å²) in [4.78, 5) is 35.1. The van der Waals surface area contributed by atoms with Gasteiger partial charge in [-0.05, 0) is 74.1 Å². The van der Waals surface area contributed by atoms with Crippen molar-refractivity contribution in [2.24, 2.45) is 11.8 Å². The number of hydrogen-bond acceptors (Lipinski definition) is 6. The minimum atomic E-state index is -0.977. The van der Waals surface area contributed by atoms with Crippen molar-refractivity contribution in [2.45, 2.75) is 52.4 Å².